The molecule has 124 valence electrons. The van der Waals surface area contributed by atoms with Gasteiger partial charge in [-0.25, -0.2) is 0 Å². The highest BCUT2D eigenvalue weighted by atomic mass is 32.2. The first-order chi connectivity index (χ1) is 9.82. The predicted octanol–water partition coefficient (Wildman–Crippen LogP) is 0.318. The lowest BCUT2D eigenvalue weighted by Gasteiger charge is -2.49. The first-order valence-electron chi connectivity index (χ1n) is 7.91. The molecule has 1 aliphatic heterocycles. The smallest absolute Gasteiger partial charge is 0.281 e. The molecular weight excluding hydrogens is 288 g/mol. The number of hydrogen-bond acceptors (Lipinski definition) is 4. The molecule has 1 heterocycles. The van der Waals surface area contributed by atoms with Crippen LogP contribution < -0.4 is 5.73 Å². The molecule has 7 heteroatoms. The predicted molar refractivity (Wildman–Crippen MR) is 85.2 cm³/mol. The summed E-state index contributed by atoms with van der Waals surface area (Å²) < 4.78 is 28.6. The Hall–Kier alpha value is -0.210. The third-order valence-corrected chi connectivity index (χ3v) is 7.31. The van der Waals surface area contributed by atoms with Crippen molar-refractivity contribution in [2.45, 2.75) is 37.6 Å². The fourth-order valence-electron chi connectivity index (χ4n) is 3.40. The van der Waals surface area contributed by atoms with Gasteiger partial charge in [-0.3, -0.25) is 0 Å². The van der Waals surface area contributed by atoms with Gasteiger partial charge in [0.15, 0.2) is 0 Å². The van der Waals surface area contributed by atoms with Crippen molar-refractivity contribution in [3.8, 4) is 0 Å². The molecule has 0 radical (unpaired) electrons. The van der Waals surface area contributed by atoms with E-state index in [2.05, 4.69) is 4.90 Å². The molecule has 0 spiro atoms. The molecule has 21 heavy (non-hydrogen) atoms. The maximum absolute atomic E-state index is 12.7. The lowest BCUT2D eigenvalue weighted by atomic mass is 9.75. The molecule has 6 nitrogen and oxygen atoms in total. The van der Waals surface area contributed by atoms with Crippen LogP contribution in [0.3, 0.4) is 0 Å². The van der Waals surface area contributed by atoms with Crippen LogP contribution in [-0.4, -0.2) is 74.8 Å². The number of nitrogens with zero attached hydrogens (tertiary/aromatic N) is 3. The van der Waals surface area contributed by atoms with Crippen LogP contribution >= 0.6 is 0 Å². The summed E-state index contributed by atoms with van der Waals surface area (Å²) in [5, 5.41) is 0. The average Bonchev–Trinajstić information content (AvgIpc) is 2.42. The maximum atomic E-state index is 12.7. The van der Waals surface area contributed by atoms with E-state index in [4.69, 9.17) is 5.73 Å². The summed E-state index contributed by atoms with van der Waals surface area (Å²) in [6, 6.07) is 0. The Morgan fingerprint density at radius 3 is 2.14 bits per heavy atom. The lowest BCUT2D eigenvalue weighted by molar-refractivity contribution is 0.0440. The fraction of sp³-hybridized carbons (Fsp3) is 1.00. The second kappa shape index (κ2) is 6.50. The second-order valence-electron chi connectivity index (χ2n) is 6.81. The molecule has 2 fully saturated rings. The van der Waals surface area contributed by atoms with Gasteiger partial charge in [-0.15, -0.1) is 0 Å². The van der Waals surface area contributed by atoms with Gasteiger partial charge in [0, 0.05) is 32.2 Å². The van der Waals surface area contributed by atoms with Gasteiger partial charge >= 0.3 is 0 Å². The molecule has 0 aromatic heterocycles. The molecule has 1 saturated heterocycles. The van der Waals surface area contributed by atoms with E-state index >= 15 is 0 Å². The molecule has 2 N–H and O–H groups in total. The number of rotatable bonds is 6. The minimum absolute atomic E-state index is 0.0252. The number of nitrogens with two attached hydrogens (primary N) is 1. The van der Waals surface area contributed by atoms with Gasteiger partial charge in [0.2, 0.25) is 0 Å². The van der Waals surface area contributed by atoms with Crippen molar-refractivity contribution in [2.75, 3.05) is 47.3 Å². The molecule has 1 saturated carbocycles. The zero-order valence-electron chi connectivity index (χ0n) is 13.6. The maximum Gasteiger partial charge on any atom is 0.281 e. The van der Waals surface area contributed by atoms with E-state index in [-0.39, 0.29) is 5.54 Å². The Morgan fingerprint density at radius 2 is 1.76 bits per heavy atom. The molecule has 2 rings (SSSR count). The molecule has 0 atom stereocenters. The Kier molecular flexibility index (Phi) is 5.31. The minimum Gasteiger partial charge on any atom is -0.330 e. The van der Waals surface area contributed by atoms with Crippen LogP contribution in [0.1, 0.15) is 32.1 Å². The first kappa shape index (κ1) is 17.1. The molecule has 0 aromatic carbocycles. The Bertz CT molecular complexity index is 440. The number of piperidine rings is 1. The summed E-state index contributed by atoms with van der Waals surface area (Å²) in [6.45, 7) is 2.44. The zero-order chi connectivity index (χ0) is 15.7. The Morgan fingerprint density at radius 1 is 1.19 bits per heavy atom. The zero-order valence-corrected chi connectivity index (χ0v) is 14.4. The summed E-state index contributed by atoms with van der Waals surface area (Å²) in [5.41, 5.74) is 5.70. The van der Waals surface area contributed by atoms with E-state index in [0.717, 1.165) is 25.7 Å². The third kappa shape index (κ3) is 3.42. The molecular formula is C14H30N4O2S. The highest BCUT2D eigenvalue weighted by Gasteiger charge is 2.43. The normalized spacial score (nSPS) is 24.5. The Balaban J connectivity index is 1.99. The van der Waals surface area contributed by atoms with E-state index < -0.39 is 10.2 Å². The lowest BCUT2D eigenvalue weighted by Crippen LogP contribution is -2.59. The van der Waals surface area contributed by atoms with Gasteiger partial charge in [0.1, 0.15) is 0 Å². The monoisotopic (exact) mass is 318 g/mol. The van der Waals surface area contributed by atoms with Crippen molar-refractivity contribution in [3.05, 3.63) is 0 Å². The average molecular weight is 318 g/mol. The largest absolute Gasteiger partial charge is 0.330 e. The van der Waals surface area contributed by atoms with Gasteiger partial charge < -0.3 is 10.6 Å². The van der Waals surface area contributed by atoms with Gasteiger partial charge in [-0.2, -0.15) is 17.0 Å². The van der Waals surface area contributed by atoms with E-state index in [1.54, 1.807) is 15.7 Å². The first-order valence-corrected chi connectivity index (χ1v) is 9.30. The quantitative estimate of drug-likeness (QED) is 0.766. The Labute approximate surface area is 129 Å². The second-order valence-corrected chi connectivity index (χ2v) is 8.85. The molecule has 0 bridgehead atoms. The van der Waals surface area contributed by atoms with Crippen molar-refractivity contribution >= 4 is 10.2 Å². The topological polar surface area (TPSA) is 69.9 Å². The summed E-state index contributed by atoms with van der Waals surface area (Å²) >= 11 is 0. The van der Waals surface area contributed by atoms with Crippen molar-refractivity contribution in [3.63, 3.8) is 0 Å². The number of hydrogen-bond donors (Lipinski definition) is 1. The summed E-state index contributed by atoms with van der Waals surface area (Å²) in [6.07, 6.45) is 5.10. The van der Waals surface area contributed by atoms with Gasteiger partial charge in [0.25, 0.3) is 10.2 Å². The molecule has 0 amide bonds. The summed E-state index contributed by atoms with van der Waals surface area (Å²) in [4.78, 5) is 2.18. The third-order valence-electron chi connectivity index (χ3n) is 5.38. The van der Waals surface area contributed by atoms with Crippen molar-refractivity contribution in [1.29, 1.82) is 0 Å². The summed E-state index contributed by atoms with van der Waals surface area (Å²) in [5.74, 6) is 0.474. The van der Waals surface area contributed by atoms with Crippen LogP contribution in [0.4, 0.5) is 0 Å². The SMILES string of the molecule is CN(C)C1(CN(C)S(=O)(=O)N2CCC(CN)CC2)CCC1. The van der Waals surface area contributed by atoms with E-state index in [0.29, 0.717) is 32.1 Å². The van der Waals surface area contributed by atoms with Crippen molar-refractivity contribution in [2.24, 2.45) is 11.7 Å². The van der Waals surface area contributed by atoms with Gasteiger partial charge in [-0.1, -0.05) is 0 Å². The van der Waals surface area contributed by atoms with Crippen LogP contribution in [0, 0.1) is 5.92 Å². The minimum atomic E-state index is -3.34. The highest BCUT2D eigenvalue weighted by molar-refractivity contribution is 7.86. The standard InChI is InChI=1S/C14H30N4O2S/c1-16(2)14(7-4-8-14)12-17(3)21(19,20)18-9-5-13(11-15)6-10-18/h13H,4-12,15H2,1-3H3. The van der Waals surface area contributed by atoms with E-state index in [1.807, 2.05) is 14.1 Å². The van der Waals surface area contributed by atoms with Crippen molar-refractivity contribution in [1.82, 2.24) is 13.5 Å². The summed E-state index contributed by atoms with van der Waals surface area (Å²) in [7, 11) is 2.47. The van der Waals surface area contributed by atoms with Crippen LogP contribution in [0.5, 0.6) is 0 Å². The van der Waals surface area contributed by atoms with Crippen molar-refractivity contribution < 1.29 is 8.42 Å². The van der Waals surface area contributed by atoms with Crippen LogP contribution in [0.15, 0.2) is 0 Å². The molecule has 1 aliphatic carbocycles. The molecule has 2 aliphatic rings. The molecule has 0 aromatic rings. The molecule has 0 unspecified atom stereocenters. The van der Waals surface area contributed by atoms with Crippen LogP contribution in [0.2, 0.25) is 0 Å². The van der Waals surface area contributed by atoms with Gasteiger partial charge in [0.05, 0.1) is 0 Å². The number of likely N-dealkylation sites (N-methyl/N-ethyl adjacent to an activating group) is 2. The van der Waals surface area contributed by atoms with Gasteiger partial charge in [-0.05, 0) is 58.7 Å². The van der Waals surface area contributed by atoms with Crippen LogP contribution in [-0.2, 0) is 10.2 Å². The van der Waals surface area contributed by atoms with E-state index in [9.17, 15) is 8.42 Å². The highest BCUT2D eigenvalue weighted by Crippen LogP contribution is 2.37. The van der Waals surface area contributed by atoms with E-state index in [1.165, 1.54) is 6.42 Å². The fourth-order valence-corrected chi connectivity index (χ4v) is 4.87. The van der Waals surface area contributed by atoms with Crippen LogP contribution in [0.25, 0.3) is 0 Å².